The van der Waals surface area contributed by atoms with Crippen LogP contribution in [0.4, 0.5) is 5.13 Å². The summed E-state index contributed by atoms with van der Waals surface area (Å²) >= 11 is 5.12. The molecule has 3 aromatic heterocycles. The van der Waals surface area contributed by atoms with Crippen molar-refractivity contribution in [1.82, 2.24) is 20.2 Å². The summed E-state index contributed by atoms with van der Waals surface area (Å²) in [6.45, 7) is 4.32. The smallest absolute Gasteiger partial charge is 0.206 e. The van der Waals surface area contributed by atoms with E-state index >= 15 is 0 Å². The molecule has 1 atom stereocenters. The van der Waals surface area contributed by atoms with E-state index in [4.69, 9.17) is 9.97 Å². The summed E-state index contributed by atoms with van der Waals surface area (Å²) in [6, 6.07) is 0.602. The minimum Gasteiger partial charge on any atom is -0.357 e. The van der Waals surface area contributed by atoms with Gasteiger partial charge in [0, 0.05) is 16.3 Å². The Morgan fingerprint density at radius 2 is 2.00 bits per heavy atom. The van der Waals surface area contributed by atoms with Crippen LogP contribution in [0.25, 0.3) is 10.2 Å². The van der Waals surface area contributed by atoms with E-state index in [-0.39, 0.29) is 0 Å². The van der Waals surface area contributed by atoms with Gasteiger partial charge in [-0.3, -0.25) is 0 Å². The van der Waals surface area contributed by atoms with Crippen molar-refractivity contribution >= 4 is 49.8 Å². The number of thiophene rings is 1. The predicted molar refractivity (Wildman–Crippen MR) is 104 cm³/mol. The number of fused-ring (bicyclic) bond motifs is 3. The van der Waals surface area contributed by atoms with Crippen molar-refractivity contribution < 1.29 is 0 Å². The zero-order chi connectivity index (χ0) is 17.0. The lowest BCUT2D eigenvalue weighted by molar-refractivity contribution is 0.509. The molecule has 0 saturated heterocycles. The van der Waals surface area contributed by atoms with Crippen molar-refractivity contribution in [2.45, 2.75) is 61.4 Å². The molecule has 2 aliphatic rings. The molecule has 5 nitrogen and oxygen atoms in total. The van der Waals surface area contributed by atoms with Crippen LogP contribution in [-0.4, -0.2) is 26.2 Å². The van der Waals surface area contributed by atoms with Crippen molar-refractivity contribution in [2.75, 3.05) is 5.32 Å². The summed E-state index contributed by atoms with van der Waals surface area (Å²) in [5.74, 6) is 1.60. The van der Waals surface area contributed by atoms with Gasteiger partial charge in [0.1, 0.15) is 15.7 Å². The van der Waals surface area contributed by atoms with Gasteiger partial charge in [-0.05, 0) is 62.3 Å². The number of hydrogen-bond acceptors (Lipinski definition) is 8. The average Bonchev–Trinajstić information content (AvgIpc) is 3.14. The number of nitrogens with zero attached hydrogens (tertiary/aromatic N) is 4. The summed E-state index contributed by atoms with van der Waals surface area (Å²) in [4.78, 5) is 12.1. The fraction of sp³-hybridized carbons (Fsp3) is 0.529. The first-order valence-electron chi connectivity index (χ1n) is 8.72. The van der Waals surface area contributed by atoms with Crippen LogP contribution >= 0.6 is 34.4 Å². The van der Waals surface area contributed by atoms with E-state index in [0.717, 1.165) is 37.5 Å². The van der Waals surface area contributed by atoms with Gasteiger partial charge in [-0.1, -0.05) is 18.3 Å². The topological polar surface area (TPSA) is 63.6 Å². The Morgan fingerprint density at radius 3 is 2.84 bits per heavy atom. The maximum absolute atomic E-state index is 4.76. The number of aryl methyl sites for hydroxylation is 2. The van der Waals surface area contributed by atoms with E-state index in [1.165, 1.54) is 41.5 Å². The van der Waals surface area contributed by atoms with Crippen molar-refractivity contribution in [3.8, 4) is 0 Å². The summed E-state index contributed by atoms with van der Waals surface area (Å²) in [6.07, 6.45) is 6.06. The largest absolute Gasteiger partial charge is 0.357 e. The Hall–Kier alpha value is -1.25. The molecule has 0 radical (unpaired) electrons. The van der Waals surface area contributed by atoms with Gasteiger partial charge in [-0.15, -0.1) is 21.5 Å². The number of aromatic nitrogens is 4. The minimum absolute atomic E-state index is 0.602. The highest BCUT2D eigenvalue weighted by Crippen LogP contribution is 2.43. The van der Waals surface area contributed by atoms with Gasteiger partial charge in [0.05, 0.1) is 0 Å². The Bertz CT molecular complexity index is 943. The lowest BCUT2D eigenvalue weighted by Gasteiger charge is -2.18. The standard InChI is InChI=1S/C17H19N5S3/c1-8-3-6-11-12(7-8)23-14-13(11)15(19-9(2)18-14)24-17-22-21-16(25-17)20-10-4-5-10/h8,10H,3-7H2,1-2H3,(H,20,21)/t8-/m1/s1. The van der Waals surface area contributed by atoms with Gasteiger partial charge < -0.3 is 5.32 Å². The van der Waals surface area contributed by atoms with Crippen LogP contribution in [-0.2, 0) is 12.8 Å². The molecule has 0 amide bonds. The molecule has 1 saturated carbocycles. The molecule has 25 heavy (non-hydrogen) atoms. The van der Waals surface area contributed by atoms with Crippen molar-refractivity contribution in [3.05, 3.63) is 16.3 Å². The minimum atomic E-state index is 0.602. The van der Waals surface area contributed by atoms with Gasteiger partial charge in [0.15, 0.2) is 4.34 Å². The molecule has 8 heteroatoms. The van der Waals surface area contributed by atoms with Gasteiger partial charge in [-0.2, -0.15) is 0 Å². The molecule has 1 fully saturated rings. The zero-order valence-corrected chi connectivity index (χ0v) is 16.7. The third-order valence-electron chi connectivity index (χ3n) is 4.73. The molecule has 3 heterocycles. The fourth-order valence-electron chi connectivity index (χ4n) is 3.28. The van der Waals surface area contributed by atoms with Crippen LogP contribution in [0.2, 0.25) is 0 Å². The quantitative estimate of drug-likeness (QED) is 0.653. The summed E-state index contributed by atoms with van der Waals surface area (Å²) in [7, 11) is 0. The molecular weight excluding hydrogens is 370 g/mol. The highest BCUT2D eigenvalue weighted by atomic mass is 32.2. The van der Waals surface area contributed by atoms with Crippen LogP contribution in [0.1, 0.15) is 42.5 Å². The molecule has 3 aromatic rings. The molecule has 2 aliphatic carbocycles. The normalized spacial score (nSPS) is 20.0. The number of hydrogen-bond donors (Lipinski definition) is 1. The van der Waals surface area contributed by atoms with Crippen LogP contribution in [0.15, 0.2) is 9.37 Å². The van der Waals surface area contributed by atoms with E-state index in [2.05, 4.69) is 22.4 Å². The second-order valence-corrected chi connectivity index (χ2v) is 10.3. The second-order valence-electron chi connectivity index (χ2n) is 7.00. The number of nitrogens with one attached hydrogen (secondary N) is 1. The van der Waals surface area contributed by atoms with Crippen molar-refractivity contribution in [3.63, 3.8) is 0 Å². The second kappa shape index (κ2) is 6.17. The molecule has 0 aromatic carbocycles. The molecule has 1 N–H and O–H groups in total. The highest BCUT2D eigenvalue weighted by Gasteiger charge is 2.25. The first-order valence-corrected chi connectivity index (χ1v) is 11.2. The first-order chi connectivity index (χ1) is 12.2. The molecule has 0 bridgehead atoms. The summed E-state index contributed by atoms with van der Waals surface area (Å²) < 4.78 is 0.951. The summed E-state index contributed by atoms with van der Waals surface area (Å²) in [5.41, 5.74) is 1.47. The molecule has 0 aliphatic heterocycles. The molecular formula is C17H19N5S3. The van der Waals surface area contributed by atoms with Crippen LogP contribution in [0, 0.1) is 12.8 Å². The van der Waals surface area contributed by atoms with Gasteiger partial charge in [0.25, 0.3) is 0 Å². The number of anilines is 1. The average molecular weight is 390 g/mol. The zero-order valence-electron chi connectivity index (χ0n) is 14.2. The maximum Gasteiger partial charge on any atom is 0.206 e. The van der Waals surface area contributed by atoms with Crippen LogP contribution < -0.4 is 5.32 Å². The summed E-state index contributed by atoms with van der Waals surface area (Å²) in [5, 5.41) is 15.3. The first kappa shape index (κ1) is 16.0. The Labute approximate surface area is 158 Å². The fourth-order valence-corrected chi connectivity index (χ4v) is 6.71. The van der Waals surface area contributed by atoms with E-state index < -0.39 is 0 Å². The van der Waals surface area contributed by atoms with E-state index in [1.807, 2.05) is 18.3 Å². The predicted octanol–water partition coefficient (Wildman–Crippen LogP) is 4.70. The Kier molecular flexibility index (Phi) is 3.94. The van der Waals surface area contributed by atoms with Gasteiger partial charge in [0.2, 0.25) is 5.13 Å². The lowest BCUT2D eigenvalue weighted by atomic mass is 9.89. The van der Waals surface area contributed by atoms with Crippen LogP contribution in [0.3, 0.4) is 0 Å². The molecule has 0 unspecified atom stereocenters. The Morgan fingerprint density at radius 1 is 1.12 bits per heavy atom. The van der Waals surface area contributed by atoms with Crippen LogP contribution in [0.5, 0.6) is 0 Å². The van der Waals surface area contributed by atoms with E-state index in [0.29, 0.717) is 6.04 Å². The SMILES string of the molecule is Cc1nc(Sc2nnc(NC3CC3)s2)c2c3c(sc2n1)C[C@H](C)CC3. The maximum atomic E-state index is 4.76. The Balaban J connectivity index is 1.52. The van der Waals surface area contributed by atoms with Gasteiger partial charge in [-0.25, -0.2) is 9.97 Å². The van der Waals surface area contributed by atoms with Crippen molar-refractivity contribution in [1.29, 1.82) is 0 Å². The number of rotatable bonds is 4. The molecule has 0 spiro atoms. The van der Waals surface area contributed by atoms with Crippen molar-refractivity contribution in [2.24, 2.45) is 5.92 Å². The third-order valence-corrected chi connectivity index (χ3v) is 7.77. The third kappa shape index (κ3) is 3.15. The molecule has 5 rings (SSSR count). The lowest BCUT2D eigenvalue weighted by Crippen LogP contribution is -2.08. The van der Waals surface area contributed by atoms with Gasteiger partial charge >= 0.3 is 0 Å². The monoisotopic (exact) mass is 389 g/mol. The molecule has 130 valence electrons. The van der Waals surface area contributed by atoms with E-state index in [1.54, 1.807) is 23.1 Å². The van der Waals surface area contributed by atoms with E-state index in [9.17, 15) is 0 Å². The highest BCUT2D eigenvalue weighted by molar-refractivity contribution is 8.01.